The highest BCUT2D eigenvalue weighted by Crippen LogP contribution is 2.22. The van der Waals surface area contributed by atoms with E-state index in [9.17, 15) is 22.9 Å². The minimum absolute atomic E-state index is 0.0707. The Morgan fingerprint density at radius 1 is 1.58 bits per heavy atom. The number of nitro groups is 1. The molecule has 9 heteroatoms. The maximum absolute atomic E-state index is 13.3. The molecule has 19 heavy (non-hydrogen) atoms. The van der Waals surface area contributed by atoms with Gasteiger partial charge in [0.25, 0.3) is 0 Å². The molecule has 0 bridgehead atoms. The van der Waals surface area contributed by atoms with Gasteiger partial charge in [0.15, 0.2) is 5.25 Å². The van der Waals surface area contributed by atoms with Crippen LogP contribution in [-0.4, -0.2) is 18.6 Å². The zero-order valence-corrected chi connectivity index (χ0v) is 10.6. The van der Waals surface area contributed by atoms with Gasteiger partial charge in [-0.1, -0.05) is 6.92 Å². The van der Waals surface area contributed by atoms with Crippen LogP contribution in [0.2, 0.25) is 0 Å². The molecule has 0 radical (unpaired) electrons. The molecule has 0 aliphatic rings. The van der Waals surface area contributed by atoms with Gasteiger partial charge in [0.1, 0.15) is 0 Å². The summed E-state index contributed by atoms with van der Waals surface area (Å²) in [6.07, 6.45) is 0.0707. The lowest BCUT2D eigenvalue weighted by Gasteiger charge is -2.11. The van der Waals surface area contributed by atoms with Gasteiger partial charge in [-0.2, -0.15) is 9.65 Å². The first-order valence-electron chi connectivity index (χ1n) is 5.17. The van der Waals surface area contributed by atoms with E-state index in [0.717, 1.165) is 12.1 Å². The number of nitriles is 1. The van der Waals surface area contributed by atoms with E-state index in [-0.39, 0.29) is 12.1 Å². The number of hydrogen-bond acceptors (Lipinski definition) is 5. The minimum atomic E-state index is -3.97. The summed E-state index contributed by atoms with van der Waals surface area (Å²) in [6.45, 7) is 1.52. The van der Waals surface area contributed by atoms with Crippen molar-refractivity contribution in [1.29, 1.82) is 5.26 Å². The number of nitrogens with one attached hydrogen (secondary N) is 1. The first-order chi connectivity index (χ1) is 8.81. The van der Waals surface area contributed by atoms with E-state index in [4.69, 9.17) is 5.26 Å². The van der Waals surface area contributed by atoms with E-state index in [0.29, 0.717) is 6.07 Å². The first-order valence-corrected chi connectivity index (χ1v) is 6.71. The molecule has 0 aliphatic carbocycles. The van der Waals surface area contributed by atoms with Crippen molar-refractivity contribution in [3.8, 4) is 6.07 Å². The van der Waals surface area contributed by atoms with Gasteiger partial charge in [-0.15, -0.1) is 0 Å². The molecule has 1 rings (SSSR count). The zero-order chi connectivity index (χ0) is 14.6. The fourth-order valence-corrected chi connectivity index (χ4v) is 2.51. The summed E-state index contributed by atoms with van der Waals surface area (Å²) in [4.78, 5) is 9.48. The maximum Gasteiger partial charge on any atom is 0.304 e. The van der Waals surface area contributed by atoms with Crippen LogP contribution in [0.4, 0.5) is 15.8 Å². The summed E-state index contributed by atoms with van der Waals surface area (Å²) < 4.78 is 38.7. The number of anilines is 1. The van der Waals surface area contributed by atoms with E-state index in [1.807, 2.05) is 4.72 Å². The van der Waals surface area contributed by atoms with Crippen LogP contribution in [0.3, 0.4) is 0 Å². The second-order valence-electron chi connectivity index (χ2n) is 3.60. The van der Waals surface area contributed by atoms with Crippen LogP contribution in [0.25, 0.3) is 0 Å². The summed E-state index contributed by atoms with van der Waals surface area (Å²) in [5.74, 6) is -1.16. The normalized spacial score (nSPS) is 12.5. The highest BCUT2D eigenvalue weighted by molar-refractivity contribution is 7.93. The standard InChI is InChI=1S/C10H10FN3O4S/c1-2-8(6-12)19(17,18)13-7-3-4-10(14(15)16)9(11)5-7/h3-5,8,13H,2H2,1H3. The van der Waals surface area contributed by atoms with Gasteiger partial charge in [-0.25, -0.2) is 8.42 Å². The molecule has 1 aromatic carbocycles. The molecule has 0 aromatic heterocycles. The van der Waals surface area contributed by atoms with Gasteiger partial charge < -0.3 is 0 Å². The fourth-order valence-electron chi connectivity index (χ4n) is 1.33. The second kappa shape index (κ2) is 5.62. The monoisotopic (exact) mass is 287 g/mol. The molecule has 1 atom stereocenters. The Balaban J connectivity index is 3.05. The van der Waals surface area contributed by atoms with Crippen LogP contribution in [-0.2, 0) is 10.0 Å². The lowest BCUT2D eigenvalue weighted by molar-refractivity contribution is -0.387. The number of nitrogens with zero attached hydrogens (tertiary/aromatic N) is 2. The fraction of sp³-hybridized carbons (Fsp3) is 0.300. The van der Waals surface area contributed by atoms with Crippen molar-refractivity contribution in [3.63, 3.8) is 0 Å². The lowest BCUT2D eigenvalue weighted by atomic mass is 10.3. The molecule has 102 valence electrons. The molecule has 7 nitrogen and oxygen atoms in total. The molecule has 1 unspecified atom stereocenters. The zero-order valence-electron chi connectivity index (χ0n) is 9.83. The molecule has 0 aliphatic heterocycles. The van der Waals surface area contributed by atoms with E-state index in [1.165, 1.54) is 6.92 Å². The van der Waals surface area contributed by atoms with Crippen molar-refractivity contribution in [2.24, 2.45) is 0 Å². The Hall–Kier alpha value is -2.21. The topological polar surface area (TPSA) is 113 Å². The number of sulfonamides is 1. The van der Waals surface area contributed by atoms with Crippen molar-refractivity contribution in [2.75, 3.05) is 4.72 Å². The van der Waals surface area contributed by atoms with Gasteiger partial charge in [-0.05, 0) is 12.5 Å². The Labute approximate surface area is 108 Å². The quantitative estimate of drug-likeness (QED) is 0.655. The van der Waals surface area contributed by atoms with Crippen LogP contribution in [0.1, 0.15) is 13.3 Å². The molecule has 0 heterocycles. The van der Waals surface area contributed by atoms with Crippen LogP contribution >= 0.6 is 0 Å². The molecule has 0 saturated heterocycles. The van der Waals surface area contributed by atoms with Gasteiger partial charge in [0, 0.05) is 12.1 Å². The Morgan fingerprint density at radius 3 is 2.63 bits per heavy atom. The molecule has 1 aromatic rings. The largest absolute Gasteiger partial charge is 0.304 e. The average Bonchev–Trinajstić information content (AvgIpc) is 2.28. The lowest BCUT2D eigenvalue weighted by Crippen LogP contribution is -2.26. The highest BCUT2D eigenvalue weighted by atomic mass is 32.2. The maximum atomic E-state index is 13.3. The van der Waals surface area contributed by atoms with Crippen LogP contribution in [0, 0.1) is 27.3 Å². The van der Waals surface area contributed by atoms with Crippen LogP contribution in [0.15, 0.2) is 18.2 Å². The summed E-state index contributed by atoms with van der Waals surface area (Å²) in [5, 5.41) is 17.8. The summed E-state index contributed by atoms with van der Waals surface area (Å²) in [5.41, 5.74) is -0.924. The van der Waals surface area contributed by atoms with Gasteiger partial charge in [0.05, 0.1) is 16.7 Å². The number of benzene rings is 1. The van der Waals surface area contributed by atoms with E-state index in [1.54, 1.807) is 6.07 Å². The molecular formula is C10H10FN3O4S. The van der Waals surface area contributed by atoms with Gasteiger partial charge in [0.2, 0.25) is 15.8 Å². The number of nitro benzene ring substituents is 1. The number of hydrogen-bond donors (Lipinski definition) is 1. The van der Waals surface area contributed by atoms with E-state index >= 15 is 0 Å². The highest BCUT2D eigenvalue weighted by Gasteiger charge is 2.24. The van der Waals surface area contributed by atoms with Gasteiger partial charge in [-0.3, -0.25) is 14.8 Å². The van der Waals surface area contributed by atoms with E-state index < -0.39 is 31.7 Å². The molecule has 0 spiro atoms. The molecule has 1 N–H and O–H groups in total. The number of halogens is 1. The van der Waals surface area contributed by atoms with Crippen molar-refractivity contribution < 1.29 is 17.7 Å². The van der Waals surface area contributed by atoms with Crippen molar-refractivity contribution in [1.82, 2.24) is 0 Å². The Bertz CT molecular complexity index is 639. The third-order valence-corrected chi connectivity index (χ3v) is 4.00. The smallest absolute Gasteiger partial charge is 0.282 e. The van der Waals surface area contributed by atoms with Crippen molar-refractivity contribution >= 4 is 21.4 Å². The molecule has 0 fully saturated rings. The first kappa shape index (κ1) is 14.8. The van der Waals surface area contributed by atoms with E-state index in [2.05, 4.69) is 0 Å². The molecule has 0 amide bonds. The minimum Gasteiger partial charge on any atom is -0.282 e. The predicted molar refractivity (Wildman–Crippen MR) is 65.3 cm³/mol. The third-order valence-electron chi connectivity index (χ3n) is 2.29. The third kappa shape index (κ3) is 3.38. The Kier molecular flexibility index (Phi) is 4.39. The van der Waals surface area contributed by atoms with Gasteiger partial charge >= 0.3 is 5.69 Å². The molecular weight excluding hydrogens is 277 g/mol. The summed E-state index contributed by atoms with van der Waals surface area (Å²) in [6, 6.07) is 4.20. The average molecular weight is 287 g/mol. The van der Waals surface area contributed by atoms with Crippen LogP contribution in [0.5, 0.6) is 0 Å². The number of rotatable bonds is 5. The SMILES string of the molecule is CCC(C#N)S(=O)(=O)Nc1ccc([N+](=O)[O-])c(F)c1. The predicted octanol–water partition coefficient (Wildman–Crippen LogP) is 1.78. The summed E-state index contributed by atoms with van der Waals surface area (Å²) >= 11 is 0. The second-order valence-corrected chi connectivity index (χ2v) is 5.46. The Morgan fingerprint density at radius 2 is 2.21 bits per heavy atom. The van der Waals surface area contributed by atoms with Crippen molar-refractivity contribution in [3.05, 3.63) is 34.1 Å². The van der Waals surface area contributed by atoms with Crippen LogP contribution < -0.4 is 4.72 Å². The van der Waals surface area contributed by atoms with Crippen molar-refractivity contribution in [2.45, 2.75) is 18.6 Å². The summed E-state index contributed by atoms with van der Waals surface area (Å²) in [7, 11) is -3.97. The molecule has 0 saturated carbocycles.